The van der Waals surface area contributed by atoms with Gasteiger partial charge >= 0.3 is 17.6 Å². The van der Waals surface area contributed by atoms with Gasteiger partial charge in [-0.3, -0.25) is 0 Å². The van der Waals surface area contributed by atoms with Crippen LogP contribution in [0.4, 0.5) is 0 Å². The first-order valence-corrected chi connectivity index (χ1v) is 30.9. The molecule has 8 aliphatic rings. The fourth-order valence-corrected chi connectivity index (χ4v) is 19.5. The number of carbonyl (C=O) groups is 2. The molecule has 1 heterocycles. The van der Waals surface area contributed by atoms with Crippen LogP contribution in [0.5, 0.6) is 11.5 Å². The number of carbonyl (C=O) groups excluding carboxylic acids is 2. The topological polar surface area (TPSA) is 101 Å². The van der Waals surface area contributed by atoms with Crippen LogP contribution in [0.15, 0.2) is 56.8 Å². The van der Waals surface area contributed by atoms with Crippen LogP contribution in [0.1, 0.15) is 210 Å². The summed E-state index contributed by atoms with van der Waals surface area (Å²) in [5.41, 5.74) is 4.02. The van der Waals surface area contributed by atoms with E-state index < -0.39 is 17.6 Å². The SMILES string of the molecule is CC(C)CCC[C@@H](C)[C@H]1CC[C@H]2[C@@H]3CC=C4CC(OC(=O)COc5cc6ccc(=O)oc6cc5OCC(=O)OC5CC[C@@]6(C)C(=CC[C@H]7[C@@H]8CC[C@H]([C@H](C)CCCC(C)C)[C@@]8(C)CC[C@@H]76)C5)CC[C@]4(C)[C@H]3CC[C@]12C. The zero-order valence-corrected chi connectivity index (χ0v) is 48.3. The molecule has 1 aromatic heterocycles. The van der Waals surface area contributed by atoms with Gasteiger partial charge in [0.25, 0.3) is 0 Å². The van der Waals surface area contributed by atoms with Crippen LogP contribution in [-0.4, -0.2) is 37.4 Å². The minimum atomic E-state index is -0.492. The molecule has 6 saturated carbocycles. The molecule has 16 atom stereocenters. The predicted molar refractivity (Wildman–Crippen MR) is 299 cm³/mol. The molecule has 0 radical (unpaired) electrons. The minimum absolute atomic E-state index is 0.157. The number of hydrogen-bond acceptors (Lipinski definition) is 8. The lowest BCUT2D eigenvalue weighted by atomic mass is 9.47. The quantitative estimate of drug-likeness (QED) is 0.0827. The molecule has 0 bridgehead atoms. The number of allylic oxidation sites excluding steroid dienone is 2. The summed E-state index contributed by atoms with van der Waals surface area (Å²) in [6, 6.07) is 6.27. The first kappa shape index (κ1) is 54.8. The highest BCUT2D eigenvalue weighted by molar-refractivity contribution is 5.81. The maximum absolute atomic E-state index is 13.6. The van der Waals surface area contributed by atoms with Crippen LogP contribution in [-0.2, 0) is 19.1 Å². The second kappa shape index (κ2) is 21.9. The Labute approximate surface area is 452 Å². The van der Waals surface area contributed by atoms with E-state index in [4.69, 9.17) is 23.4 Å². The molecule has 2 aromatic rings. The molecule has 6 fully saturated rings. The average molecular weight is 1030 g/mol. The van der Waals surface area contributed by atoms with Crippen LogP contribution in [0.3, 0.4) is 0 Å². The zero-order valence-electron chi connectivity index (χ0n) is 48.3. The van der Waals surface area contributed by atoms with Gasteiger partial charge < -0.3 is 23.4 Å². The maximum atomic E-state index is 13.6. The summed E-state index contributed by atoms with van der Waals surface area (Å²) in [5, 5.41) is 0.615. The van der Waals surface area contributed by atoms with Gasteiger partial charge in [-0.05, 0) is 195 Å². The average Bonchev–Trinajstić information content (AvgIpc) is 3.95. The van der Waals surface area contributed by atoms with Gasteiger partial charge in [0.2, 0.25) is 0 Å². The maximum Gasteiger partial charge on any atom is 0.344 e. The summed E-state index contributed by atoms with van der Waals surface area (Å²) in [5.74, 6) is 9.00. The van der Waals surface area contributed by atoms with Crippen molar-refractivity contribution in [2.24, 2.45) is 92.7 Å². The molecule has 8 heteroatoms. The first-order valence-electron chi connectivity index (χ1n) is 30.9. The molecular weight excluding hydrogens is 933 g/mol. The zero-order chi connectivity index (χ0) is 53.0. The molecule has 0 spiro atoms. The van der Waals surface area contributed by atoms with Crippen molar-refractivity contribution >= 4 is 22.9 Å². The molecule has 2 unspecified atom stereocenters. The molecule has 0 saturated heterocycles. The Morgan fingerprint density at radius 2 is 1.04 bits per heavy atom. The number of benzene rings is 1. The van der Waals surface area contributed by atoms with Gasteiger partial charge in [-0.2, -0.15) is 0 Å². The minimum Gasteiger partial charge on any atom is -0.478 e. The summed E-state index contributed by atoms with van der Waals surface area (Å²) in [6.45, 7) is 24.3. The van der Waals surface area contributed by atoms with Crippen LogP contribution >= 0.6 is 0 Å². The van der Waals surface area contributed by atoms with Crippen molar-refractivity contribution in [2.45, 2.75) is 223 Å². The second-order valence-electron chi connectivity index (χ2n) is 28.5. The highest BCUT2D eigenvalue weighted by Crippen LogP contribution is 2.69. The third-order valence-corrected chi connectivity index (χ3v) is 23.5. The molecule has 8 nitrogen and oxygen atoms in total. The van der Waals surface area contributed by atoms with Gasteiger partial charge in [-0.1, -0.05) is 131 Å². The van der Waals surface area contributed by atoms with Crippen LogP contribution < -0.4 is 15.1 Å². The monoisotopic (exact) mass is 1030 g/mol. The lowest BCUT2D eigenvalue weighted by Gasteiger charge is -2.58. The van der Waals surface area contributed by atoms with E-state index in [0.717, 1.165) is 111 Å². The molecule has 10 rings (SSSR count). The summed E-state index contributed by atoms with van der Waals surface area (Å²) >= 11 is 0. The second-order valence-corrected chi connectivity index (χ2v) is 28.5. The van der Waals surface area contributed by atoms with Gasteiger partial charge in [-0.15, -0.1) is 0 Å². The fraction of sp³-hybridized carbons (Fsp3) is 0.776. The number of hydrogen-bond donors (Lipinski definition) is 0. The Morgan fingerprint density at radius 1 is 0.573 bits per heavy atom. The van der Waals surface area contributed by atoms with E-state index in [1.54, 1.807) is 18.2 Å². The van der Waals surface area contributed by atoms with E-state index in [-0.39, 0.29) is 47.8 Å². The van der Waals surface area contributed by atoms with E-state index in [9.17, 15) is 14.4 Å². The van der Waals surface area contributed by atoms with E-state index in [1.165, 1.54) is 107 Å². The van der Waals surface area contributed by atoms with E-state index in [0.29, 0.717) is 33.6 Å². The Bertz CT molecular complexity index is 2500. The molecule has 0 aliphatic heterocycles. The summed E-state index contributed by atoms with van der Waals surface area (Å²) in [4.78, 5) is 39.5. The molecule has 0 N–H and O–H groups in total. The number of esters is 2. The van der Waals surface area contributed by atoms with E-state index in [2.05, 4.69) is 81.4 Å². The Hall–Kier alpha value is -3.55. The molecular formula is C67H98O8. The molecule has 1 aromatic carbocycles. The predicted octanol–water partition coefficient (Wildman–Crippen LogP) is 16.5. The van der Waals surface area contributed by atoms with Crippen molar-refractivity contribution in [3.8, 4) is 11.5 Å². The van der Waals surface area contributed by atoms with E-state index >= 15 is 0 Å². The van der Waals surface area contributed by atoms with Crippen molar-refractivity contribution in [1.29, 1.82) is 0 Å². The van der Waals surface area contributed by atoms with Crippen LogP contribution in [0, 0.1) is 92.7 Å². The first-order chi connectivity index (χ1) is 35.8. The lowest BCUT2D eigenvalue weighted by Crippen LogP contribution is -2.51. The van der Waals surface area contributed by atoms with Gasteiger partial charge in [-0.25, -0.2) is 14.4 Å². The van der Waals surface area contributed by atoms with Crippen LogP contribution in [0.2, 0.25) is 0 Å². The lowest BCUT2D eigenvalue weighted by molar-refractivity contribution is -0.155. The Kier molecular flexibility index (Phi) is 16.0. The van der Waals surface area contributed by atoms with Crippen LogP contribution in [0.25, 0.3) is 11.0 Å². The van der Waals surface area contributed by atoms with Crippen molar-refractivity contribution in [1.82, 2.24) is 0 Å². The van der Waals surface area contributed by atoms with Crippen molar-refractivity contribution in [3.05, 3.63) is 58.0 Å². The standard InChI is InChI=1S/C67H98O8/c1-41(2)13-11-15-43(5)52-22-24-54-50-20-18-46-36-48(27-31-64(46,7)56(50)29-33-66(52,54)9)73-62(69)39-71-59-35-45-17-26-61(68)75-58(45)38-60(59)72-40-63(70)74-49-28-32-65(8)47(37-49)19-21-51-55-25-23-53(44(6)16-12-14-42(3)4)67(55,10)34-30-57(51)65/h17-19,26,35,38,41-44,48-57H,11-16,20-25,27-34,36-37,39-40H2,1-10H3/t43-,44-,48?,49?,50+,51+,52-,53-,54+,55+,56+,57+,64+,65+,66-,67-/m1/s1. The molecule has 8 aliphatic carbocycles. The fourth-order valence-electron chi connectivity index (χ4n) is 19.5. The molecule has 75 heavy (non-hydrogen) atoms. The number of ether oxygens (including phenoxy) is 4. The van der Waals surface area contributed by atoms with Gasteiger partial charge in [0.05, 0.1) is 0 Å². The smallest absolute Gasteiger partial charge is 0.344 e. The highest BCUT2D eigenvalue weighted by atomic mass is 16.6. The molecule has 414 valence electrons. The Balaban J connectivity index is 0.724. The van der Waals surface area contributed by atoms with E-state index in [1.807, 2.05) is 0 Å². The van der Waals surface area contributed by atoms with Crippen molar-refractivity contribution < 1.29 is 33.0 Å². The van der Waals surface area contributed by atoms with Gasteiger partial charge in [0.15, 0.2) is 24.7 Å². The highest BCUT2D eigenvalue weighted by Gasteiger charge is 2.61. The third-order valence-electron chi connectivity index (χ3n) is 23.5. The number of rotatable bonds is 18. The van der Waals surface area contributed by atoms with Crippen molar-refractivity contribution in [3.63, 3.8) is 0 Å². The summed E-state index contributed by atoms with van der Waals surface area (Å²) < 4.78 is 30.1. The summed E-state index contributed by atoms with van der Waals surface area (Å²) in [6.07, 6.45) is 31.4. The van der Waals surface area contributed by atoms with Gasteiger partial charge in [0, 0.05) is 30.4 Å². The third kappa shape index (κ3) is 10.7. The van der Waals surface area contributed by atoms with Crippen molar-refractivity contribution in [2.75, 3.05) is 13.2 Å². The summed E-state index contributed by atoms with van der Waals surface area (Å²) in [7, 11) is 0. The Morgan fingerprint density at radius 3 is 1.51 bits per heavy atom. The number of fused-ring (bicyclic) bond motifs is 11. The molecule has 0 amide bonds. The van der Waals surface area contributed by atoms with Gasteiger partial charge in [0.1, 0.15) is 17.8 Å². The normalized spacial score (nSPS) is 37.7. The largest absolute Gasteiger partial charge is 0.478 e.